The van der Waals surface area contributed by atoms with Crippen molar-refractivity contribution in [3.63, 3.8) is 0 Å². The molecule has 2 heterocycles. The highest BCUT2D eigenvalue weighted by molar-refractivity contribution is 6.15. The van der Waals surface area contributed by atoms with Gasteiger partial charge in [0.25, 0.3) is 5.91 Å². The van der Waals surface area contributed by atoms with Gasteiger partial charge in [-0.1, -0.05) is 48.5 Å². The Morgan fingerprint density at radius 3 is 2.62 bits per heavy atom. The summed E-state index contributed by atoms with van der Waals surface area (Å²) in [6.45, 7) is 1.90. The average Bonchev–Trinajstić information content (AvgIpc) is 3.37. The Bertz CT molecular complexity index is 1070. The van der Waals surface area contributed by atoms with Crippen LogP contribution < -0.4 is 4.90 Å². The molecule has 1 aromatic heterocycles. The first-order valence-corrected chi connectivity index (χ1v) is 9.21. The van der Waals surface area contributed by atoms with Crippen molar-refractivity contribution in [2.24, 2.45) is 0 Å². The Morgan fingerprint density at radius 2 is 1.86 bits per heavy atom. The SMILES string of the molecule is Cc1nnnn1/C(=C\c1ccccc1)C(=O)OCC(=O)N1CCc2ccccc21. The van der Waals surface area contributed by atoms with Crippen molar-refractivity contribution in [2.75, 3.05) is 18.1 Å². The number of rotatable bonds is 5. The van der Waals surface area contributed by atoms with Crippen LogP contribution in [0, 0.1) is 6.92 Å². The van der Waals surface area contributed by atoms with Crippen molar-refractivity contribution in [1.29, 1.82) is 0 Å². The van der Waals surface area contributed by atoms with E-state index in [4.69, 9.17) is 4.74 Å². The number of aromatic nitrogens is 4. The molecule has 0 saturated carbocycles. The minimum atomic E-state index is -0.676. The number of anilines is 1. The number of carbonyl (C=O) groups is 2. The van der Waals surface area contributed by atoms with E-state index in [1.54, 1.807) is 17.9 Å². The highest BCUT2D eigenvalue weighted by atomic mass is 16.5. The largest absolute Gasteiger partial charge is 0.451 e. The van der Waals surface area contributed by atoms with Gasteiger partial charge in [-0.3, -0.25) is 4.79 Å². The highest BCUT2D eigenvalue weighted by Gasteiger charge is 2.26. The molecule has 1 aliphatic heterocycles. The van der Waals surface area contributed by atoms with Crippen LogP contribution in [0.15, 0.2) is 54.6 Å². The minimum absolute atomic E-state index is 0.133. The van der Waals surface area contributed by atoms with Crippen LogP contribution in [-0.4, -0.2) is 45.2 Å². The first-order valence-electron chi connectivity index (χ1n) is 9.21. The standard InChI is InChI=1S/C21H19N5O3/c1-15-22-23-24-26(15)19(13-16-7-3-2-4-8-16)21(28)29-14-20(27)25-12-11-17-9-5-6-10-18(17)25/h2-10,13H,11-12,14H2,1H3/b19-13-. The lowest BCUT2D eigenvalue weighted by Gasteiger charge is -2.17. The van der Waals surface area contributed by atoms with Crippen molar-refractivity contribution in [3.05, 3.63) is 71.5 Å². The summed E-state index contributed by atoms with van der Waals surface area (Å²) in [7, 11) is 0. The molecule has 0 unspecified atom stereocenters. The number of hydrogen-bond donors (Lipinski definition) is 0. The number of fused-ring (bicyclic) bond motifs is 1. The maximum Gasteiger partial charge on any atom is 0.357 e. The van der Waals surface area contributed by atoms with Gasteiger partial charge in [-0.15, -0.1) is 5.10 Å². The van der Waals surface area contributed by atoms with Crippen LogP contribution >= 0.6 is 0 Å². The normalized spacial score (nSPS) is 13.3. The number of nitrogens with zero attached hydrogens (tertiary/aromatic N) is 5. The van der Waals surface area contributed by atoms with E-state index in [9.17, 15) is 9.59 Å². The van der Waals surface area contributed by atoms with Crippen LogP contribution in [0.1, 0.15) is 17.0 Å². The zero-order chi connectivity index (χ0) is 20.2. The molecule has 8 heteroatoms. The third-order valence-electron chi connectivity index (χ3n) is 4.68. The minimum Gasteiger partial charge on any atom is -0.451 e. The number of carbonyl (C=O) groups excluding carboxylic acids is 2. The van der Waals surface area contributed by atoms with Gasteiger partial charge in [0, 0.05) is 12.2 Å². The van der Waals surface area contributed by atoms with E-state index < -0.39 is 5.97 Å². The lowest BCUT2D eigenvalue weighted by atomic mass is 10.2. The molecule has 0 bridgehead atoms. The summed E-state index contributed by atoms with van der Waals surface area (Å²) in [5.74, 6) is -0.509. The Kier molecular flexibility index (Phi) is 5.15. The van der Waals surface area contributed by atoms with Crippen molar-refractivity contribution in [1.82, 2.24) is 20.2 Å². The summed E-state index contributed by atoms with van der Waals surface area (Å²) in [4.78, 5) is 27.1. The van der Waals surface area contributed by atoms with Gasteiger partial charge < -0.3 is 9.64 Å². The molecule has 0 spiro atoms. The fourth-order valence-electron chi connectivity index (χ4n) is 3.24. The molecule has 29 heavy (non-hydrogen) atoms. The Labute approximate surface area is 167 Å². The molecule has 3 aromatic rings. The Morgan fingerprint density at radius 1 is 1.10 bits per heavy atom. The number of hydrogen-bond acceptors (Lipinski definition) is 6. The van der Waals surface area contributed by atoms with E-state index in [-0.39, 0.29) is 18.2 Å². The monoisotopic (exact) mass is 389 g/mol. The molecule has 0 aliphatic carbocycles. The van der Waals surface area contributed by atoms with Crippen LogP contribution in [0.4, 0.5) is 5.69 Å². The lowest BCUT2D eigenvalue weighted by Crippen LogP contribution is -2.33. The van der Waals surface area contributed by atoms with E-state index >= 15 is 0 Å². The molecule has 0 saturated heterocycles. The van der Waals surface area contributed by atoms with Crippen LogP contribution in [0.3, 0.4) is 0 Å². The molecule has 1 aliphatic rings. The number of tetrazole rings is 1. The topological polar surface area (TPSA) is 90.2 Å². The average molecular weight is 389 g/mol. The molecule has 0 fully saturated rings. The summed E-state index contributed by atoms with van der Waals surface area (Å²) >= 11 is 0. The second kappa shape index (κ2) is 8.05. The molecule has 1 amide bonds. The third-order valence-corrected chi connectivity index (χ3v) is 4.68. The summed E-state index contributed by atoms with van der Waals surface area (Å²) in [6, 6.07) is 17.0. The smallest absolute Gasteiger partial charge is 0.357 e. The van der Waals surface area contributed by atoms with Gasteiger partial charge in [0.2, 0.25) is 0 Å². The zero-order valence-electron chi connectivity index (χ0n) is 15.9. The van der Waals surface area contributed by atoms with Gasteiger partial charge in [-0.05, 0) is 47.0 Å². The molecule has 2 aromatic carbocycles. The first kappa shape index (κ1) is 18.5. The first-order chi connectivity index (χ1) is 14.1. The summed E-state index contributed by atoms with van der Waals surface area (Å²) in [6.07, 6.45) is 2.42. The maximum absolute atomic E-state index is 12.8. The molecular weight excluding hydrogens is 370 g/mol. The van der Waals surface area contributed by atoms with Gasteiger partial charge >= 0.3 is 5.97 Å². The third kappa shape index (κ3) is 3.91. The predicted octanol–water partition coefficient (Wildman–Crippen LogP) is 2.11. The van der Waals surface area contributed by atoms with E-state index in [0.717, 1.165) is 23.2 Å². The quantitative estimate of drug-likeness (QED) is 0.490. The molecule has 8 nitrogen and oxygen atoms in total. The van der Waals surface area contributed by atoms with Gasteiger partial charge in [-0.25, -0.2) is 4.79 Å². The van der Waals surface area contributed by atoms with Gasteiger partial charge in [0.05, 0.1) is 0 Å². The highest BCUT2D eigenvalue weighted by Crippen LogP contribution is 2.27. The number of aryl methyl sites for hydroxylation is 1. The van der Waals surface area contributed by atoms with Crippen molar-refractivity contribution in [2.45, 2.75) is 13.3 Å². The van der Waals surface area contributed by atoms with Crippen molar-refractivity contribution < 1.29 is 14.3 Å². The van der Waals surface area contributed by atoms with E-state index in [0.29, 0.717) is 12.4 Å². The van der Waals surface area contributed by atoms with Gasteiger partial charge in [0.15, 0.2) is 18.1 Å². The van der Waals surface area contributed by atoms with Gasteiger partial charge in [-0.2, -0.15) is 4.68 Å². The Hall–Kier alpha value is -3.81. The molecule has 0 N–H and O–H groups in total. The Balaban J connectivity index is 1.51. The van der Waals surface area contributed by atoms with E-state index in [1.165, 1.54) is 4.68 Å². The van der Waals surface area contributed by atoms with Crippen LogP contribution in [-0.2, 0) is 20.7 Å². The van der Waals surface area contributed by atoms with E-state index in [2.05, 4.69) is 15.5 Å². The van der Waals surface area contributed by atoms with Crippen molar-refractivity contribution >= 4 is 29.3 Å². The lowest BCUT2D eigenvalue weighted by molar-refractivity contribution is -0.142. The van der Waals surface area contributed by atoms with Crippen LogP contribution in [0.5, 0.6) is 0 Å². The number of amides is 1. The zero-order valence-corrected chi connectivity index (χ0v) is 15.9. The summed E-state index contributed by atoms with van der Waals surface area (Å²) in [5, 5.41) is 11.3. The molecule has 0 atom stereocenters. The number of para-hydroxylation sites is 1. The number of ether oxygens (including phenoxy) is 1. The predicted molar refractivity (Wildman–Crippen MR) is 107 cm³/mol. The second-order valence-corrected chi connectivity index (χ2v) is 6.58. The molecule has 0 radical (unpaired) electrons. The second-order valence-electron chi connectivity index (χ2n) is 6.58. The molecule has 4 rings (SSSR count). The summed E-state index contributed by atoms with van der Waals surface area (Å²) in [5.41, 5.74) is 2.90. The molecular formula is C21H19N5O3. The van der Waals surface area contributed by atoms with Crippen LogP contribution in [0.25, 0.3) is 11.8 Å². The fraction of sp³-hybridized carbons (Fsp3) is 0.190. The fourth-order valence-corrected chi connectivity index (χ4v) is 3.24. The van der Waals surface area contributed by atoms with Crippen molar-refractivity contribution in [3.8, 4) is 0 Å². The number of benzene rings is 2. The summed E-state index contributed by atoms with van der Waals surface area (Å²) < 4.78 is 6.63. The maximum atomic E-state index is 12.8. The molecule has 146 valence electrons. The number of esters is 1. The van der Waals surface area contributed by atoms with Crippen LogP contribution in [0.2, 0.25) is 0 Å². The van der Waals surface area contributed by atoms with Gasteiger partial charge in [0.1, 0.15) is 0 Å². The van der Waals surface area contributed by atoms with E-state index in [1.807, 2.05) is 54.6 Å².